The van der Waals surface area contributed by atoms with Crippen LogP contribution in [0.3, 0.4) is 0 Å². The molecule has 5 nitrogen and oxygen atoms in total. The summed E-state index contributed by atoms with van der Waals surface area (Å²) in [5.74, 6) is 0.115. The van der Waals surface area contributed by atoms with E-state index in [1.807, 2.05) is 38.1 Å². The maximum absolute atomic E-state index is 12.5. The zero-order chi connectivity index (χ0) is 18.4. The Balaban J connectivity index is 2.18. The van der Waals surface area contributed by atoms with E-state index in [9.17, 15) is 10.1 Å². The molecular weight excluding hydrogens is 316 g/mol. The van der Waals surface area contributed by atoms with Crippen LogP contribution in [0.15, 0.2) is 36.4 Å². The van der Waals surface area contributed by atoms with Crippen molar-refractivity contribution >= 4 is 11.6 Å². The summed E-state index contributed by atoms with van der Waals surface area (Å²) in [5.41, 5.74) is 3.59. The monoisotopic (exact) mass is 338 g/mol. The number of hydrogen-bond acceptors (Lipinski definition) is 4. The van der Waals surface area contributed by atoms with Gasteiger partial charge in [-0.2, -0.15) is 5.26 Å². The molecule has 0 aliphatic heterocycles. The van der Waals surface area contributed by atoms with Crippen LogP contribution in [-0.4, -0.2) is 20.1 Å². The Bertz CT molecular complexity index is 809. The average Bonchev–Trinajstić information content (AvgIpc) is 2.63. The van der Waals surface area contributed by atoms with E-state index in [2.05, 4.69) is 11.4 Å². The summed E-state index contributed by atoms with van der Waals surface area (Å²) < 4.78 is 10.5. The molecule has 0 spiro atoms. The van der Waals surface area contributed by atoms with Gasteiger partial charge in [0.25, 0.3) is 0 Å². The average molecular weight is 338 g/mol. The first-order chi connectivity index (χ1) is 12.0. The van der Waals surface area contributed by atoms with Gasteiger partial charge in [0, 0.05) is 18.2 Å². The predicted octanol–water partition coefficient (Wildman–Crippen LogP) is 3.64. The number of aryl methyl sites for hydroxylation is 1. The van der Waals surface area contributed by atoms with Crippen molar-refractivity contribution in [2.75, 3.05) is 19.5 Å². The molecule has 0 aliphatic rings. The molecule has 25 heavy (non-hydrogen) atoms. The van der Waals surface area contributed by atoms with Crippen LogP contribution in [0.2, 0.25) is 0 Å². The molecule has 0 fully saturated rings. The SMILES string of the molecule is COc1ccc(C[C@@H](C#N)C(=O)Nc2cccc(C)c2C)c(OC)c1. The Morgan fingerprint density at radius 1 is 1.20 bits per heavy atom. The van der Waals surface area contributed by atoms with Crippen LogP contribution >= 0.6 is 0 Å². The molecule has 2 aromatic carbocycles. The van der Waals surface area contributed by atoms with Crippen LogP contribution in [0, 0.1) is 31.1 Å². The van der Waals surface area contributed by atoms with Gasteiger partial charge in [0.15, 0.2) is 0 Å². The third kappa shape index (κ3) is 4.30. The highest BCUT2D eigenvalue weighted by molar-refractivity contribution is 5.95. The van der Waals surface area contributed by atoms with E-state index in [0.29, 0.717) is 11.5 Å². The largest absolute Gasteiger partial charge is 0.497 e. The third-order valence-electron chi connectivity index (χ3n) is 4.25. The molecule has 0 radical (unpaired) electrons. The van der Waals surface area contributed by atoms with Crippen molar-refractivity contribution in [1.82, 2.24) is 0 Å². The third-order valence-corrected chi connectivity index (χ3v) is 4.25. The molecule has 2 rings (SSSR count). The fourth-order valence-electron chi connectivity index (χ4n) is 2.54. The number of amides is 1. The van der Waals surface area contributed by atoms with E-state index in [1.54, 1.807) is 26.4 Å². The number of methoxy groups -OCH3 is 2. The van der Waals surface area contributed by atoms with Gasteiger partial charge in [-0.1, -0.05) is 18.2 Å². The smallest absolute Gasteiger partial charge is 0.242 e. The zero-order valence-corrected chi connectivity index (χ0v) is 14.9. The molecule has 0 bridgehead atoms. The van der Waals surface area contributed by atoms with Gasteiger partial charge in [0.05, 0.1) is 20.3 Å². The summed E-state index contributed by atoms with van der Waals surface area (Å²) in [6.07, 6.45) is 0.264. The number of nitriles is 1. The Labute approximate surface area is 148 Å². The molecule has 0 aromatic heterocycles. The summed E-state index contributed by atoms with van der Waals surface area (Å²) >= 11 is 0. The van der Waals surface area contributed by atoms with Crippen molar-refractivity contribution in [2.45, 2.75) is 20.3 Å². The van der Waals surface area contributed by atoms with Gasteiger partial charge in [-0.15, -0.1) is 0 Å². The highest BCUT2D eigenvalue weighted by Crippen LogP contribution is 2.27. The molecule has 0 unspecified atom stereocenters. The number of carbonyl (C=O) groups excluding carboxylic acids is 1. The second-order valence-corrected chi connectivity index (χ2v) is 5.80. The molecule has 0 saturated heterocycles. The number of anilines is 1. The minimum absolute atomic E-state index is 0.264. The lowest BCUT2D eigenvalue weighted by atomic mass is 9.98. The predicted molar refractivity (Wildman–Crippen MR) is 96.9 cm³/mol. The van der Waals surface area contributed by atoms with Gasteiger partial charge in [0.2, 0.25) is 5.91 Å². The number of nitrogens with zero attached hydrogens (tertiary/aromatic N) is 1. The maximum atomic E-state index is 12.5. The van der Waals surface area contributed by atoms with Crippen molar-refractivity contribution in [3.05, 3.63) is 53.1 Å². The molecule has 0 saturated carbocycles. The van der Waals surface area contributed by atoms with E-state index in [1.165, 1.54) is 0 Å². The topological polar surface area (TPSA) is 71.3 Å². The minimum Gasteiger partial charge on any atom is -0.497 e. The fourth-order valence-corrected chi connectivity index (χ4v) is 2.54. The van der Waals surface area contributed by atoms with Crippen LogP contribution in [-0.2, 0) is 11.2 Å². The molecule has 0 aliphatic carbocycles. The first-order valence-corrected chi connectivity index (χ1v) is 7.97. The quantitative estimate of drug-likeness (QED) is 0.873. The number of rotatable bonds is 6. The van der Waals surface area contributed by atoms with Crippen LogP contribution in [0.4, 0.5) is 5.69 Å². The summed E-state index contributed by atoms with van der Waals surface area (Å²) in [5, 5.41) is 12.3. The van der Waals surface area contributed by atoms with Gasteiger partial charge >= 0.3 is 0 Å². The van der Waals surface area contributed by atoms with Crippen molar-refractivity contribution in [1.29, 1.82) is 5.26 Å². The Morgan fingerprint density at radius 2 is 1.96 bits per heavy atom. The number of benzene rings is 2. The number of nitrogens with one attached hydrogen (secondary N) is 1. The number of ether oxygens (including phenoxy) is 2. The molecule has 1 atom stereocenters. The summed E-state index contributed by atoms with van der Waals surface area (Å²) in [4.78, 5) is 12.5. The first kappa shape index (κ1) is 18.3. The van der Waals surface area contributed by atoms with E-state index in [-0.39, 0.29) is 12.3 Å². The lowest BCUT2D eigenvalue weighted by molar-refractivity contribution is -0.118. The molecule has 130 valence electrons. The van der Waals surface area contributed by atoms with Crippen molar-refractivity contribution in [3.63, 3.8) is 0 Å². The normalized spacial score (nSPS) is 11.3. The first-order valence-electron chi connectivity index (χ1n) is 7.97. The van der Waals surface area contributed by atoms with E-state index in [0.717, 1.165) is 22.4 Å². The molecule has 5 heteroatoms. The summed E-state index contributed by atoms with van der Waals surface area (Å²) in [6, 6.07) is 13.1. The van der Waals surface area contributed by atoms with Crippen LogP contribution < -0.4 is 14.8 Å². The van der Waals surface area contributed by atoms with Gasteiger partial charge in [-0.05, 0) is 42.7 Å². The fraction of sp³-hybridized carbons (Fsp3) is 0.300. The van der Waals surface area contributed by atoms with Crippen LogP contribution in [0.1, 0.15) is 16.7 Å². The summed E-state index contributed by atoms with van der Waals surface area (Å²) in [7, 11) is 3.12. The minimum atomic E-state index is -0.817. The Morgan fingerprint density at radius 3 is 2.60 bits per heavy atom. The van der Waals surface area contributed by atoms with Gasteiger partial charge < -0.3 is 14.8 Å². The Kier molecular flexibility index (Phi) is 6.02. The lowest BCUT2D eigenvalue weighted by Crippen LogP contribution is -2.24. The van der Waals surface area contributed by atoms with Crippen LogP contribution in [0.25, 0.3) is 0 Å². The van der Waals surface area contributed by atoms with Crippen molar-refractivity contribution < 1.29 is 14.3 Å². The van der Waals surface area contributed by atoms with E-state index < -0.39 is 5.92 Å². The molecular formula is C20H22N2O3. The molecule has 0 heterocycles. The Hall–Kier alpha value is -3.00. The highest BCUT2D eigenvalue weighted by atomic mass is 16.5. The molecule has 1 amide bonds. The molecule has 2 aromatic rings. The van der Waals surface area contributed by atoms with E-state index in [4.69, 9.17) is 9.47 Å². The standard InChI is InChI=1S/C20H22N2O3/c1-13-6-5-7-18(14(13)2)22-20(23)16(12-21)10-15-8-9-17(24-3)11-19(15)25-4/h5-9,11,16H,10H2,1-4H3,(H,22,23)/t16-/m0/s1. The summed E-state index contributed by atoms with van der Waals surface area (Å²) in [6.45, 7) is 3.92. The number of carbonyl (C=O) groups is 1. The van der Waals surface area contributed by atoms with Crippen LogP contribution in [0.5, 0.6) is 11.5 Å². The van der Waals surface area contributed by atoms with Gasteiger partial charge in [-0.3, -0.25) is 4.79 Å². The van der Waals surface area contributed by atoms with E-state index >= 15 is 0 Å². The van der Waals surface area contributed by atoms with Gasteiger partial charge in [-0.25, -0.2) is 0 Å². The van der Waals surface area contributed by atoms with Crippen molar-refractivity contribution in [3.8, 4) is 17.6 Å². The highest BCUT2D eigenvalue weighted by Gasteiger charge is 2.21. The zero-order valence-electron chi connectivity index (χ0n) is 14.9. The van der Waals surface area contributed by atoms with Gasteiger partial charge in [0.1, 0.15) is 17.4 Å². The number of hydrogen-bond donors (Lipinski definition) is 1. The second kappa shape index (κ2) is 8.20. The second-order valence-electron chi connectivity index (χ2n) is 5.80. The maximum Gasteiger partial charge on any atom is 0.242 e. The molecule has 1 N–H and O–H groups in total. The lowest BCUT2D eigenvalue weighted by Gasteiger charge is -2.15. The van der Waals surface area contributed by atoms with Crippen molar-refractivity contribution in [2.24, 2.45) is 5.92 Å².